The van der Waals surface area contributed by atoms with Crippen LogP contribution in [0.3, 0.4) is 0 Å². The van der Waals surface area contributed by atoms with Crippen LogP contribution in [-0.4, -0.2) is 29.8 Å². The highest BCUT2D eigenvalue weighted by Crippen LogP contribution is 2.35. The highest BCUT2D eigenvalue weighted by molar-refractivity contribution is 5.97. The second-order valence-electron chi connectivity index (χ2n) is 6.27. The molecule has 114 valence electrons. The number of likely N-dealkylation sites (tertiary alicyclic amines) is 1. The molecule has 0 spiro atoms. The Morgan fingerprint density at radius 3 is 2.62 bits per heavy atom. The lowest BCUT2D eigenvalue weighted by Gasteiger charge is -2.28. The summed E-state index contributed by atoms with van der Waals surface area (Å²) in [7, 11) is 0. The van der Waals surface area contributed by atoms with E-state index in [1.54, 1.807) is 0 Å². The SMILES string of the molecule is O=C(CN1CCCC1C1CCCC1)c1ccc(F)cc1F. The Labute approximate surface area is 124 Å². The molecule has 1 aromatic rings. The van der Waals surface area contributed by atoms with Crippen molar-refractivity contribution in [1.29, 1.82) is 0 Å². The molecular formula is C17H21F2NO. The third kappa shape index (κ3) is 3.15. The molecule has 2 fully saturated rings. The van der Waals surface area contributed by atoms with Crippen molar-refractivity contribution < 1.29 is 13.6 Å². The zero-order valence-electron chi connectivity index (χ0n) is 12.2. The minimum absolute atomic E-state index is 0.00784. The molecule has 1 aliphatic heterocycles. The summed E-state index contributed by atoms with van der Waals surface area (Å²) >= 11 is 0. The topological polar surface area (TPSA) is 20.3 Å². The van der Waals surface area contributed by atoms with Crippen molar-refractivity contribution in [3.05, 3.63) is 35.4 Å². The van der Waals surface area contributed by atoms with Crippen molar-refractivity contribution in [1.82, 2.24) is 4.90 Å². The third-order valence-corrected chi connectivity index (χ3v) is 4.94. The van der Waals surface area contributed by atoms with Gasteiger partial charge >= 0.3 is 0 Å². The van der Waals surface area contributed by atoms with E-state index in [9.17, 15) is 13.6 Å². The third-order valence-electron chi connectivity index (χ3n) is 4.94. The maximum absolute atomic E-state index is 13.7. The van der Waals surface area contributed by atoms with E-state index in [2.05, 4.69) is 4.90 Å². The number of nitrogens with zero attached hydrogens (tertiary/aromatic N) is 1. The number of halogens is 2. The molecule has 1 saturated heterocycles. The molecule has 3 rings (SSSR count). The van der Waals surface area contributed by atoms with Crippen LogP contribution in [0.2, 0.25) is 0 Å². The van der Waals surface area contributed by atoms with Crippen LogP contribution in [0.1, 0.15) is 48.9 Å². The molecule has 0 radical (unpaired) electrons. The smallest absolute Gasteiger partial charge is 0.179 e. The van der Waals surface area contributed by atoms with Crippen LogP contribution in [-0.2, 0) is 0 Å². The number of hydrogen-bond acceptors (Lipinski definition) is 2. The summed E-state index contributed by atoms with van der Waals surface area (Å²) in [6.07, 6.45) is 7.33. The highest BCUT2D eigenvalue weighted by atomic mass is 19.1. The monoisotopic (exact) mass is 293 g/mol. The Morgan fingerprint density at radius 2 is 1.90 bits per heavy atom. The van der Waals surface area contributed by atoms with Crippen molar-refractivity contribution in [3.63, 3.8) is 0 Å². The van der Waals surface area contributed by atoms with Gasteiger partial charge in [0.15, 0.2) is 5.78 Å². The minimum atomic E-state index is -0.753. The second-order valence-corrected chi connectivity index (χ2v) is 6.27. The predicted molar refractivity (Wildman–Crippen MR) is 77.2 cm³/mol. The average Bonchev–Trinajstić information content (AvgIpc) is 3.08. The van der Waals surface area contributed by atoms with E-state index < -0.39 is 11.6 Å². The van der Waals surface area contributed by atoms with E-state index in [0.717, 1.165) is 31.5 Å². The fraction of sp³-hybridized carbons (Fsp3) is 0.588. The van der Waals surface area contributed by atoms with Gasteiger partial charge in [-0.15, -0.1) is 0 Å². The predicted octanol–water partition coefficient (Wildman–Crippen LogP) is 3.80. The molecule has 1 heterocycles. The van der Waals surface area contributed by atoms with Crippen LogP contribution >= 0.6 is 0 Å². The van der Waals surface area contributed by atoms with Crippen LogP contribution in [0.5, 0.6) is 0 Å². The summed E-state index contributed by atoms with van der Waals surface area (Å²) in [6, 6.07) is 3.66. The van der Waals surface area contributed by atoms with Gasteiger partial charge in [-0.1, -0.05) is 12.8 Å². The fourth-order valence-corrected chi connectivity index (χ4v) is 3.91. The molecular weight excluding hydrogens is 272 g/mol. The van der Waals surface area contributed by atoms with Gasteiger partial charge in [-0.3, -0.25) is 9.69 Å². The summed E-state index contributed by atoms with van der Waals surface area (Å²) in [6.45, 7) is 1.17. The normalized spacial score (nSPS) is 23.8. The minimum Gasteiger partial charge on any atom is -0.293 e. The van der Waals surface area contributed by atoms with Gasteiger partial charge in [-0.2, -0.15) is 0 Å². The van der Waals surface area contributed by atoms with Gasteiger partial charge in [0, 0.05) is 12.1 Å². The Hall–Kier alpha value is -1.29. The van der Waals surface area contributed by atoms with Crippen molar-refractivity contribution in [2.75, 3.05) is 13.1 Å². The standard InChI is InChI=1S/C17H21F2NO/c18-13-7-8-14(15(19)10-13)17(21)11-20-9-3-6-16(20)12-4-1-2-5-12/h7-8,10,12,16H,1-6,9,11H2. The van der Waals surface area contributed by atoms with Crippen molar-refractivity contribution in [2.45, 2.75) is 44.6 Å². The highest BCUT2D eigenvalue weighted by Gasteiger charge is 2.34. The Balaban J connectivity index is 1.68. The lowest BCUT2D eigenvalue weighted by atomic mass is 9.95. The van der Waals surface area contributed by atoms with Crippen LogP contribution in [0.15, 0.2) is 18.2 Å². The Bertz CT molecular complexity index is 526. The maximum atomic E-state index is 13.7. The summed E-state index contributed by atoms with van der Waals surface area (Å²) in [5, 5.41) is 0. The Morgan fingerprint density at radius 1 is 1.14 bits per heavy atom. The summed E-state index contributed by atoms with van der Waals surface area (Å²) in [4.78, 5) is 14.5. The van der Waals surface area contributed by atoms with Crippen molar-refractivity contribution in [3.8, 4) is 0 Å². The fourth-order valence-electron chi connectivity index (χ4n) is 3.91. The quantitative estimate of drug-likeness (QED) is 0.787. The molecule has 0 amide bonds. The van der Waals surface area contributed by atoms with Gasteiger partial charge in [0.05, 0.1) is 12.1 Å². The van der Waals surface area contributed by atoms with E-state index >= 15 is 0 Å². The number of Topliss-reactive ketones (excluding diaryl/α,β-unsaturated/α-hetero) is 1. The Kier molecular flexibility index (Phi) is 4.34. The number of benzene rings is 1. The van der Waals surface area contributed by atoms with Gasteiger partial charge in [0.2, 0.25) is 0 Å². The molecule has 1 saturated carbocycles. The molecule has 1 atom stereocenters. The zero-order chi connectivity index (χ0) is 14.8. The molecule has 2 aliphatic rings. The van der Waals surface area contributed by atoms with Crippen LogP contribution in [0, 0.1) is 17.6 Å². The lowest BCUT2D eigenvalue weighted by molar-refractivity contribution is 0.0892. The van der Waals surface area contributed by atoms with Gasteiger partial charge < -0.3 is 0 Å². The number of carbonyl (C=O) groups excluding carboxylic acids is 1. The summed E-state index contributed by atoms with van der Waals surface area (Å²) in [5.74, 6) is -0.943. The van der Waals surface area contributed by atoms with E-state index in [4.69, 9.17) is 0 Å². The molecule has 2 nitrogen and oxygen atoms in total. The maximum Gasteiger partial charge on any atom is 0.179 e. The van der Waals surface area contributed by atoms with E-state index in [1.165, 1.54) is 31.7 Å². The molecule has 0 bridgehead atoms. The van der Waals surface area contributed by atoms with Crippen molar-refractivity contribution >= 4 is 5.78 Å². The molecule has 21 heavy (non-hydrogen) atoms. The molecule has 4 heteroatoms. The van der Waals surface area contributed by atoms with Gasteiger partial charge in [-0.25, -0.2) is 8.78 Å². The first-order chi connectivity index (χ1) is 10.1. The molecule has 1 aromatic carbocycles. The number of rotatable bonds is 4. The second kappa shape index (κ2) is 6.22. The first kappa shape index (κ1) is 14.6. The van der Waals surface area contributed by atoms with Gasteiger partial charge in [-0.05, 0) is 50.3 Å². The van der Waals surface area contributed by atoms with Crippen LogP contribution < -0.4 is 0 Å². The van der Waals surface area contributed by atoms with Gasteiger partial charge in [0.25, 0.3) is 0 Å². The van der Waals surface area contributed by atoms with E-state index in [0.29, 0.717) is 12.0 Å². The van der Waals surface area contributed by atoms with Crippen LogP contribution in [0.4, 0.5) is 8.78 Å². The lowest BCUT2D eigenvalue weighted by Crippen LogP contribution is -2.38. The molecule has 1 unspecified atom stereocenters. The molecule has 0 N–H and O–H groups in total. The average molecular weight is 293 g/mol. The zero-order valence-corrected chi connectivity index (χ0v) is 12.2. The first-order valence-corrected chi connectivity index (χ1v) is 7.87. The summed E-state index contributed by atoms with van der Waals surface area (Å²) in [5.41, 5.74) is 0.00784. The van der Waals surface area contributed by atoms with Crippen LogP contribution in [0.25, 0.3) is 0 Å². The number of hydrogen-bond donors (Lipinski definition) is 0. The van der Waals surface area contributed by atoms with E-state index in [1.807, 2.05) is 0 Å². The first-order valence-electron chi connectivity index (χ1n) is 7.87. The largest absolute Gasteiger partial charge is 0.293 e. The number of ketones is 1. The molecule has 1 aliphatic carbocycles. The molecule has 0 aromatic heterocycles. The number of carbonyl (C=O) groups is 1. The van der Waals surface area contributed by atoms with Crippen molar-refractivity contribution in [2.24, 2.45) is 5.92 Å². The van der Waals surface area contributed by atoms with E-state index in [-0.39, 0.29) is 17.9 Å². The summed E-state index contributed by atoms with van der Waals surface area (Å²) < 4.78 is 26.6. The van der Waals surface area contributed by atoms with Gasteiger partial charge in [0.1, 0.15) is 11.6 Å².